The smallest absolute Gasteiger partial charge is 0.128 e. The van der Waals surface area contributed by atoms with Crippen LogP contribution in [0.15, 0.2) is 30.5 Å². The third kappa shape index (κ3) is 3.20. The van der Waals surface area contributed by atoms with Crippen LogP contribution in [0.1, 0.15) is 29.3 Å². The Bertz CT molecular complexity index is 548. The molecule has 0 radical (unpaired) electrons. The molecule has 2 rings (SSSR count). The molecule has 0 amide bonds. The summed E-state index contributed by atoms with van der Waals surface area (Å²) in [6.07, 6.45) is 3.50. The highest BCUT2D eigenvalue weighted by Gasteiger charge is 2.14. The van der Waals surface area contributed by atoms with Gasteiger partial charge in [-0.15, -0.1) is 0 Å². The Labute approximate surface area is 113 Å². The van der Waals surface area contributed by atoms with Crippen LogP contribution in [-0.4, -0.2) is 16.8 Å². The lowest BCUT2D eigenvalue weighted by Crippen LogP contribution is -2.19. The summed E-state index contributed by atoms with van der Waals surface area (Å²) in [6.45, 7) is 1.90. The van der Waals surface area contributed by atoms with Crippen LogP contribution in [0.5, 0.6) is 0 Å². The molecule has 102 valence electrons. The molecule has 0 aliphatic heterocycles. The molecule has 1 aromatic heterocycles. The largest absolute Gasteiger partial charge is 0.313 e. The second kappa shape index (κ2) is 5.97. The number of aromatic nitrogens is 2. The van der Waals surface area contributed by atoms with Crippen molar-refractivity contribution in [3.8, 4) is 0 Å². The van der Waals surface area contributed by atoms with Crippen molar-refractivity contribution < 1.29 is 4.39 Å². The van der Waals surface area contributed by atoms with E-state index in [-0.39, 0.29) is 11.9 Å². The minimum atomic E-state index is -0.135. The van der Waals surface area contributed by atoms with Gasteiger partial charge in [0.1, 0.15) is 5.82 Å². The second-order valence-corrected chi connectivity index (χ2v) is 4.85. The molecule has 1 heterocycles. The Morgan fingerprint density at radius 3 is 2.74 bits per heavy atom. The minimum Gasteiger partial charge on any atom is -0.313 e. The first-order chi connectivity index (χ1) is 9.11. The normalized spacial score (nSPS) is 12.6. The Morgan fingerprint density at radius 2 is 2.16 bits per heavy atom. The van der Waals surface area contributed by atoms with E-state index in [0.29, 0.717) is 0 Å². The minimum absolute atomic E-state index is 0.0236. The van der Waals surface area contributed by atoms with Crippen LogP contribution in [-0.2, 0) is 13.5 Å². The average molecular weight is 261 g/mol. The first-order valence-electron chi connectivity index (χ1n) is 6.52. The van der Waals surface area contributed by atoms with Gasteiger partial charge in [0, 0.05) is 30.5 Å². The summed E-state index contributed by atoms with van der Waals surface area (Å²) in [4.78, 5) is 0. The fraction of sp³-hybridized carbons (Fsp3) is 0.400. The topological polar surface area (TPSA) is 29.9 Å². The van der Waals surface area contributed by atoms with Crippen molar-refractivity contribution in [1.82, 2.24) is 15.1 Å². The molecule has 1 atom stereocenters. The summed E-state index contributed by atoms with van der Waals surface area (Å²) in [5.41, 5.74) is 2.84. The number of hydrogen-bond acceptors (Lipinski definition) is 2. The molecule has 1 unspecified atom stereocenters. The lowest BCUT2D eigenvalue weighted by Gasteiger charge is -2.17. The molecule has 0 spiro atoms. The molecule has 0 aliphatic carbocycles. The molecule has 0 saturated heterocycles. The van der Waals surface area contributed by atoms with Gasteiger partial charge in [0.25, 0.3) is 0 Å². The van der Waals surface area contributed by atoms with Crippen LogP contribution in [0, 0.1) is 12.7 Å². The highest BCUT2D eigenvalue weighted by atomic mass is 19.1. The van der Waals surface area contributed by atoms with Gasteiger partial charge < -0.3 is 5.32 Å². The molecular formula is C15H20FN3. The highest BCUT2D eigenvalue weighted by Crippen LogP contribution is 2.22. The third-order valence-electron chi connectivity index (χ3n) is 3.49. The molecule has 2 aromatic rings. The summed E-state index contributed by atoms with van der Waals surface area (Å²) >= 11 is 0. The van der Waals surface area contributed by atoms with Gasteiger partial charge in [-0.2, -0.15) is 5.10 Å². The molecule has 1 aromatic carbocycles. The molecule has 0 bridgehead atoms. The quantitative estimate of drug-likeness (QED) is 0.897. The fourth-order valence-electron chi connectivity index (χ4n) is 2.31. The first-order valence-corrected chi connectivity index (χ1v) is 6.52. The van der Waals surface area contributed by atoms with Crippen LogP contribution in [0.3, 0.4) is 0 Å². The standard InChI is InChI=1S/C15H20FN3/c1-11-4-6-13(14(16)10-11)15(17-2)7-5-12-8-9-18-19(12)3/h4,6,8-10,15,17H,5,7H2,1-3H3. The lowest BCUT2D eigenvalue weighted by atomic mass is 9.99. The van der Waals surface area contributed by atoms with E-state index in [9.17, 15) is 4.39 Å². The van der Waals surface area contributed by atoms with E-state index in [1.807, 2.05) is 43.9 Å². The van der Waals surface area contributed by atoms with Gasteiger partial charge in [0.05, 0.1) is 0 Å². The maximum atomic E-state index is 14.0. The van der Waals surface area contributed by atoms with Crippen LogP contribution in [0.4, 0.5) is 4.39 Å². The second-order valence-electron chi connectivity index (χ2n) is 4.85. The lowest BCUT2D eigenvalue weighted by molar-refractivity contribution is 0.501. The Kier molecular flexibility index (Phi) is 4.32. The molecule has 1 N–H and O–H groups in total. The van der Waals surface area contributed by atoms with E-state index in [1.165, 1.54) is 0 Å². The van der Waals surface area contributed by atoms with E-state index < -0.39 is 0 Å². The zero-order chi connectivity index (χ0) is 13.8. The van der Waals surface area contributed by atoms with E-state index >= 15 is 0 Å². The summed E-state index contributed by atoms with van der Waals surface area (Å²) < 4.78 is 15.8. The molecule has 4 heteroatoms. The van der Waals surface area contributed by atoms with Gasteiger partial charge in [-0.05, 0) is 44.5 Å². The van der Waals surface area contributed by atoms with Crippen molar-refractivity contribution in [2.45, 2.75) is 25.8 Å². The summed E-state index contributed by atoms with van der Waals surface area (Å²) in [5, 5.41) is 7.34. The van der Waals surface area contributed by atoms with Gasteiger partial charge in [-0.3, -0.25) is 4.68 Å². The molecule has 0 saturated carbocycles. The van der Waals surface area contributed by atoms with Crippen molar-refractivity contribution in [1.29, 1.82) is 0 Å². The van der Waals surface area contributed by atoms with E-state index in [0.717, 1.165) is 29.7 Å². The Hall–Kier alpha value is -1.68. The molecular weight excluding hydrogens is 241 g/mol. The fourth-order valence-corrected chi connectivity index (χ4v) is 2.31. The molecule has 0 aliphatic rings. The number of aryl methyl sites for hydroxylation is 3. The van der Waals surface area contributed by atoms with E-state index in [1.54, 1.807) is 12.3 Å². The van der Waals surface area contributed by atoms with Gasteiger partial charge in [0.2, 0.25) is 0 Å². The monoisotopic (exact) mass is 261 g/mol. The van der Waals surface area contributed by atoms with Crippen LogP contribution >= 0.6 is 0 Å². The van der Waals surface area contributed by atoms with Crippen molar-refractivity contribution in [2.24, 2.45) is 7.05 Å². The number of nitrogens with zero attached hydrogens (tertiary/aromatic N) is 2. The number of benzene rings is 1. The zero-order valence-corrected chi connectivity index (χ0v) is 11.7. The van der Waals surface area contributed by atoms with Crippen LogP contribution in [0.2, 0.25) is 0 Å². The number of hydrogen-bond donors (Lipinski definition) is 1. The van der Waals surface area contributed by atoms with Crippen LogP contribution in [0.25, 0.3) is 0 Å². The summed E-state index contributed by atoms with van der Waals surface area (Å²) in [7, 11) is 3.80. The molecule has 0 fully saturated rings. The predicted molar refractivity (Wildman–Crippen MR) is 74.5 cm³/mol. The SMILES string of the molecule is CNC(CCc1ccnn1C)c1ccc(C)cc1F. The predicted octanol–water partition coefficient (Wildman–Crippen LogP) is 2.76. The van der Waals surface area contributed by atoms with Crippen LogP contribution < -0.4 is 5.32 Å². The van der Waals surface area contributed by atoms with Gasteiger partial charge in [-0.25, -0.2) is 4.39 Å². The molecule has 3 nitrogen and oxygen atoms in total. The molecule has 19 heavy (non-hydrogen) atoms. The first kappa shape index (κ1) is 13.7. The van der Waals surface area contributed by atoms with Crippen molar-refractivity contribution >= 4 is 0 Å². The third-order valence-corrected chi connectivity index (χ3v) is 3.49. The van der Waals surface area contributed by atoms with Gasteiger partial charge in [0.15, 0.2) is 0 Å². The zero-order valence-electron chi connectivity index (χ0n) is 11.7. The van der Waals surface area contributed by atoms with E-state index in [4.69, 9.17) is 0 Å². The maximum absolute atomic E-state index is 14.0. The van der Waals surface area contributed by atoms with Crippen molar-refractivity contribution in [3.63, 3.8) is 0 Å². The summed E-state index contributed by atoms with van der Waals surface area (Å²) in [5.74, 6) is -0.135. The highest BCUT2D eigenvalue weighted by molar-refractivity contribution is 5.26. The summed E-state index contributed by atoms with van der Waals surface area (Å²) in [6, 6.07) is 7.43. The number of halogens is 1. The van der Waals surface area contributed by atoms with Crippen molar-refractivity contribution in [3.05, 3.63) is 53.1 Å². The Balaban J connectivity index is 2.10. The van der Waals surface area contributed by atoms with E-state index in [2.05, 4.69) is 10.4 Å². The average Bonchev–Trinajstić information content (AvgIpc) is 2.78. The van der Waals surface area contributed by atoms with Gasteiger partial charge in [-0.1, -0.05) is 12.1 Å². The number of rotatable bonds is 5. The Morgan fingerprint density at radius 1 is 1.37 bits per heavy atom. The van der Waals surface area contributed by atoms with Crippen molar-refractivity contribution in [2.75, 3.05) is 7.05 Å². The maximum Gasteiger partial charge on any atom is 0.128 e. The number of nitrogens with one attached hydrogen (secondary N) is 1. The van der Waals surface area contributed by atoms with Gasteiger partial charge >= 0.3 is 0 Å².